The third-order valence-corrected chi connectivity index (χ3v) is 5.07. The number of carbonyl (C=O) groups excluding carboxylic acids is 1. The van der Waals surface area contributed by atoms with Crippen LogP contribution in [0.3, 0.4) is 0 Å². The topological polar surface area (TPSA) is 97.4 Å². The number of benzene rings is 2. The predicted molar refractivity (Wildman–Crippen MR) is 119 cm³/mol. The number of anilines is 1. The van der Waals surface area contributed by atoms with Crippen molar-refractivity contribution in [1.82, 2.24) is 5.32 Å². The number of nitrogens with one attached hydrogen (secondary N) is 2. The van der Waals surface area contributed by atoms with E-state index in [0.717, 1.165) is 0 Å². The Labute approximate surface area is 188 Å². The smallest absolute Gasteiger partial charge is 0.293 e. The summed E-state index contributed by atoms with van der Waals surface area (Å²) < 4.78 is 5.98. The number of furan rings is 1. The number of amides is 1. The average Bonchev–Trinajstić information content (AvgIpc) is 3.13. The van der Waals surface area contributed by atoms with Gasteiger partial charge in [-0.2, -0.15) is 0 Å². The summed E-state index contributed by atoms with van der Waals surface area (Å²) in [4.78, 5) is 22.6. The van der Waals surface area contributed by atoms with E-state index in [9.17, 15) is 14.9 Å². The molecule has 0 bridgehead atoms. The zero-order chi connectivity index (χ0) is 21.1. The van der Waals surface area contributed by atoms with Crippen LogP contribution >= 0.6 is 51.3 Å². The fourth-order valence-corrected chi connectivity index (χ4v) is 3.50. The van der Waals surface area contributed by atoms with Gasteiger partial charge in [-0.1, -0.05) is 23.2 Å². The number of thiocarbonyl (C=S) groups is 1. The second kappa shape index (κ2) is 8.91. The molecule has 2 aromatic carbocycles. The van der Waals surface area contributed by atoms with E-state index in [-0.39, 0.29) is 16.6 Å². The van der Waals surface area contributed by atoms with Gasteiger partial charge in [-0.3, -0.25) is 20.2 Å². The maximum atomic E-state index is 12.4. The Hall–Kier alpha value is -2.46. The Kier molecular flexibility index (Phi) is 6.53. The van der Waals surface area contributed by atoms with Gasteiger partial charge < -0.3 is 9.73 Å². The number of carbonyl (C=O) groups is 1. The first-order valence-corrected chi connectivity index (χ1v) is 9.82. The summed E-state index contributed by atoms with van der Waals surface area (Å²) in [7, 11) is 0. The zero-order valence-corrected chi connectivity index (χ0v) is 18.2. The van der Waals surface area contributed by atoms with Crippen molar-refractivity contribution >= 4 is 73.7 Å². The molecule has 11 heteroatoms. The Bertz CT molecular complexity index is 1140. The maximum Gasteiger partial charge on any atom is 0.293 e. The SMILES string of the molecule is O=C(NC(=S)Nc1ccc([N+](=O)[O-])cc1Br)c1ccc(-c2ccc(Cl)cc2Cl)o1. The van der Waals surface area contributed by atoms with Crippen molar-refractivity contribution < 1.29 is 14.1 Å². The number of nitro groups is 1. The van der Waals surface area contributed by atoms with Gasteiger partial charge in [-0.05, 0) is 64.5 Å². The Morgan fingerprint density at radius 1 is 1.14 bits per heavy atom. The lowest BCUT2D eigenvalue weighted by Gasteiger charge is -2.10. The lowest BCUT2D eigenvalue weighted by atomic mass is 10.2. The quantitative estimate of drug-likeness (QED) is 0.250. The van der Waals surface area contributed by atoms with Crippen molar-refractivity contribution in [2.24, 2.45) is 0 Å². The fourth-order valence-electron chi connectivity index (χ4n) is 2.33. The summed E-state index contributed by atoms with van der Waals surface area (Å²) in [5.41, 5.74) is 0.959. The summed E-state index contributed by atoms with van der Waals surface area (Å²) in [5.74, 6) is -0.149. The zero-order valence-electron chi connectivity index (χ0n) is 14.2. The molecule has 0 atom stereocenters. The second-order valence-corrected chi connectivity index (χ2v) is 7.72. The van der Waals surface area contributed by atoms with Crippen LogP contribution in [0.1, 0.15) is 10.6 Å². The first kappa shape index (κ1) is 21.3. The van der Waals surface area contributed by atoms with Gasteiger partial charge in [0, 0.05) is 27.2 Å². The highest BCUT2D eigenvalue weighted by Crippen LogP contribution is 2.31. The molecule has 3 aromatic rings. The lowest BCUT2D eigenvalue weighted by Crippen LogP contribution is -2.34. The van der Waals surface area contributed by atoms with Crippen molar-refractivity contribution in [2.75, 3.05) is 5.32 Å². The molecule has 148 valence electrons. The molecule has 0 aliphatic carbocycles. The number of nitrogens with zero attached hydrogens (tertiary/aromatic N) is 1. The van der Waals surface area contributed by atoms with E-state index in [4.69, 9.17) is 39.8 Å². The number of hydrogen-bond acceptors (Lipinski definition) is 5. The molecule has 2 N–H and O–H groups in total. The normalized spacial score (nSPS) is 10.4. The number of halogens is 3. The van der Waals surface area contributed by atoms with Crippen LogP contribution < -0.4 is 10.6 Å². The average molecular weight is 515 g/mol. The van der Waals surface area contributed by atoms with Gasteiger partial charge in [0.25, 0.3) is 11.6 Å². The van der Waals surface area contributed by atoms with Crippen molar-refractivity contribution in [1.29, 1.82) is 0 Å². The Balaban J connectivity index is 1.68. The van der Waals surface area contributed by atoms with Crippen LogP contribution in [-0.4, -0.2) is 15.9 Å². The van der Waals surface area contributed by atoms with Gasteiger partial charge in [-0.15, -0.1) is 0 Å². The summed E-state index contributed by atoms with van der Waals surface area (Å²) in [5, 5.41) is 16.9. The van der Waals surface area contributed by atoms with E-state index < -0.39 is 10.8 Å². The summed E-state index contributed by atoms with van der Waals surface area (Å²) >= 11 is 20.4. The van der Waals surface area contributed by atoms with E-state index in [1.807, 2.05) is 0 Å². The Morgan fingerprint density at radius 3 is 2.55 bits per heavy atom. The molecular formula is C18H10BrCl2N3O4S. The monoisotopic (exact) mass is 513 g/mol. The highest BCUT2D eigenvalue weighted by molar-refractivity contribution is 9.10. The van der Waals surface area contributed by atoms with Crippen LogP contribution in [0.2, 0.25) is 10.0 Å². The van der Waals surface area contributed by atoms with Gasteiger partial charge in [0.2, 0.25) is 0 Å². The molecule has 29 heavy (non-hydrogen) atoms. The van der Waals surface area contributed by atoms with E-state index in [1.54, 1.807) is 24.3 Å². The number of non-ortho nitro benzene ring substituents is 1. The minimum absolute atomic E-state index is 0.00738. The minimum Gasteiger partial charge on any atom is -0.451 e. The molecule has 0 spiro atoms. The molecule has 1 amide bonds. The van der Waals surface area contributed by atoms with Gasteiger partial charge in [-0.25, -0.2) is 0 Å². The van der Waals surface area contributed by atoms with Crippen LogP contribution in [-0.2, 0) is 0 Å². The van der Waals surface area contributed by atoms with E-state index in [2.05, 4.69) is 26.6 Å². The molecule has 0 radical (unpaired) electrons. The number of nitro benzene ring substituents is 1. The van der Waals surface area contributed by atoms with Crippen LogP contribution in [0.25, 0.3) is 11.3 Å². The van der Waals surface area contributed by atoms with E-state index in [1.165, 1.54) is 24.3 Å². The maximum absolute atomic E-state index is 12.4. The van der Waals surface area contributed by atoms with Gasteiger partial charge in [0.1, 0.15) is 5.76 Å². The highest BCUT2D eigenvalue weighted by Gasteiger charge is 2.16. The predicted octanol–water partition coefficient (Wildman–Crippen LogP) is 6.05. The van der Waals surface area contributed by atoms with Gasteiger partial charge in [0.05, 0.1) is 15.6 Å². The molecule has 0 aliphatic heterocycles. The molecule has 0 saturated carbocycles. The second-order valence-electron chi connectivity index (χ2n) is 5.62. The molecule has 0 saturated heterocycles. The molecule has 1 aromatic heterocycles. The molecular weight excluding hydrogens is 505 g/mol. The van der Waals surface area contributed by atoms with Gasteiger partial charge in [0.15, 0.2) is 10.9 Å². The fraction of sp³-hybridized carbons (Fsp3) is 0. The molecule has 0 aliphatic rings. The van der Waals surface area contributed by atoms with E-state index in [0.29, 0.717) is 31.5 Å². The highest BCUT2D eigenvalue weighted by atomic mass is 79.9. The Morgan fingerprint density at radius 2 is 1.90 bits per heavy atom. The molecule has 0 fully saturated rings. The lowest BCUT2D eigenvalue weighted by molar-refractivity contribution is -0.384. The van der Waals surface area contributed by atoms with Gasteiger partial charge >= 0.3 is 0 Å². The molecule has 1 heterocycles. The van der Waals surface area contributed by atoms with Crippen LogP contribution in [0, 0.1) is 10.1 Å². The molecule has 0 unspecified atom stereocenters. The van der Waals surface area contributed by atoms with Crippen molar-refractivity contribution in [2.45, 2.75) is 0 Å². The van der Waals surface area contributed by atoms with Crippen LogP contribution in [0.15, 0.2) is 57.4 Å². The standard InChI is InChI=1S/C18H10BrCl2N3O4S/c19-12-8-10(24(26)27)2-4-14(12)22-18(29)23-17(25)16-6-5-15(28-16)11-3-1-9(20)7-13(11)21/h1-8H,(H2,22,23,25,29). The molecule has 3 rings (SSSR count). The summed E-state index contributed by atoms with van der Waals surface area (Å²) in [6.07, 6.45) is 0. The first-order chi connectivity index (χ1) is 13.7. The van der Waals surface area contributed by atoms with Crippen molar-refractivity contribution in [3.05, 3.63) is 78.9 Å². The third kappa shape index (κ3) is 5.13. The van der Waals surface area contributed by atoms with Crippen molar-refractivity contribution in [3.8, 4) is 11.3 Å². The van der Waals surface area contributed by atoms with Crippen molar-refractivity contribution in [3.63, 3.8) is 0 Å². The number of hydrogen-bond donors (Lipinski definition) is 2. The third-order valence-electron chi connectivity index (χ3n) is 3.67. The van der Waals surface area contributed by atoms with E-state index >= 15 is 0 Å². The van der Waals surface area contributed by atoms with Crippen LogP contribution in [0.5, 0.6) is 0 Å². The van der Waals surface area contributed by atoms with Crippen LogP contribution in [0.4, 0.5) is 11.4 Å². The largest absolute Gasteiger partial charge is 0.451 e. The number of rotatable bonds is 4. The minimum atomic E-state index is -0.572. The first-order valence-electron chi connectivity index (χ1n) is 7.86. The summed E-state index contributed by atoms with van der Waals surface area (Å²) in [6.45, 7) is 0. The summed E-state index contributed by atoms with van der Waals surface area (Å²) in [6, 6.07) is 12.1. The molecule has 7 nitrogen and oxygen atoms in total.